The van der Waals surface area contributed by atoms with Gasteiger partial charge in [-0.15, -0.1) is 11.8 Å². The molecule has 0 unspecified atom stereocenters. The highest BCUT2D eigenvalue weighted by Crippen LogP contribution is 1.93. The number of carbonyl (C=O) groups excluding carboxylic acids is 1. The first-order valence-corrected chi connectivity index (χ1v) is 3.99. The molecular formula is C5H10O3S. The van der Waals surface area contributed by atoms with E-state index in [0.29, 0.717) is 12.5 Å². The number of rotatable bonds is 3. The molecule has 0 amide bonds. The average molecular weight is 150 g/mol. The van der Waals surface area contributed by atoms with Gasteiger partial charge in [-0.2, -0.15) is 0 Å². The molecule has 0 aliphatic rings. The molecule has 0 bridgehead atoms. The van der Waals surface area contributed by atoms with Crippen LogP contribution in [0, 0.1) is 0 Å². The summed E-state index contributed by atoms with van der Waals surface area (Å²) in [6.07, 6.45) is 1.26. The minimum absolute atomic E-state index is 0.360. The lowest BCUT2D eigenvalue weighted by molar-refractivity contribution is 0.0730. The summed E-state index contributed by atoms with van der Waals surface area (Å²) in [6.45, 7) is 2.10. The molecule has 9 heavy (non-hydrogen) atoms. The van der Waals surface area contributed by atoms with E-state index in [1.165, 1.54) is 11.8 Å². The zero-order valence-corrected chi connectivity index (χ0v) is 6.36. The maximum atomic E-state index is 10.3. The summed E-state index contributed by atoms with van der Waals surface area (Å²) in [5.74, 6) is 0.360. The first-order chi connectivity index (χ1) is 4.31. The second-order valence-electron chi connectivity index (χ2n) is 1.23. The van der Waals surface area contributed by atoms with E-state index in [1.807, 2.05) is 6.26 Å². The highest BCUT2D eigenvalue weighted by molar-refractivity contribution is 7.98. The summed E-state index contributed by atoms with van der Waals surface area (Å²) in [7, 11) is 0. The minimum atomic E-state index is -0.591. The molecule has 0 fully saturated rings. The van der Waals surface area contributed by atoms with E-state index in [2.05, 4.69) is 9.47 Å². The topological polar surface area (TPSA) is 35.5 Å². The highest BCUT2D eigenvalue weighted by atomic mass is 32.2. The van der Waals surface area contributed by atoms with Crippen LogP contribution in [0.3, 0.4) is 0 Å². The molecule has 0 atom stereocenters. The van der Waals surface area contributed by atoms with Crippen molar-refractivity contribution in [2.75, 3.05) is 18.8 Å². The Balaban J connectivity index is 3.06. The lowest BCUT2D eigenvalue weighted by Gasteiger charge is -2.00. The summed E-state index contributed by atoms with van der Waals surface area (Å²) in [6, 6.07) is 0. The fraction of sp³-hybridized carbons (Fsp3) is 0.800. The zero-order valence-electron chi connectivity index (χ0n) is 5.55. The van der Waals surface area contributed by atoms with Gasteiger partial charge in [-0.05, 0) is 13.2 Å². The van der Waals surface area contributed by atoms with Gasteiger partial charge in [0.05, 0.1) is 6.61 Å². The van der Waals surface area contributed by atoms with Gasteiger partial charge in [0, 0.05) is 0 Å². The summed E-state index contributed by atoms with van der Waals surface area (Å²) in [5.41, 5.74) is 0. The van der Waals surface area contributed by atoms with Crippen LogP contribution < -0.4 is 0 Å². The predicted molar refractivity (Wildman–Crippen MR) is 36.5 cm³/mol. The molecule has 4 heteroatoms. The van der Waals surface area contributed by atoms with E-state index in [1.54, 1.807) is 6.92 Å². The van der Waals surface area contributed by atoms with Crippen molar-refractivity contribution in [3.8, 4) is 0 Å². The van der Waals surface area contributed by atoms with E-state index >= 15 is 0 Å². The molecule has 0 aromatic heterocycles. The van der Waals surface area contributed by atoms with E-state index < -0.39 is 6.16 Å². The van der Waals surface area contributed by atoms with Gasteiger partial charge < -0.3 is 9.47 Å². The van der Waals surface area contributed by atoms with Crippen molar-refractivity contribution >= 4 is 17.9 Å². The maximum Gasteiger partial charge on any atom is 0.509 e. The lowest BCUT2D eigenvalue weighted by atomic mass is 10.9. The summed E-state index contributed by atoms with van der Waals surface area (Å²) in [4.78, 5) is 10.3. The smallest absolute Gasteiger partial charge is 0.435 e. The van der Waals surface area contributed by atoms with Crippen LogP contribution in [0.4, 0.5) is 4.79 Å². The lowest BCUT2D eigenvalue weighted by Crippen LogP contribution is -2.05. The largest absolute Gasteiger partial charge is 0.509 e. The first-order valence-electron chi connectivity index (χ1n) is 2.59. The molecule has 0 saturated heterocycles. The average Bonchev–Trinajstić information content (AvgIpc) is 1.85. The second kappa shape index (κ2) is 5.75. The van der Waals surface area contributed by atoms with Crippen molar-refractivity contribution in [1.82, 2.24) is 0 Å². The van der Waals surface area contributed by atoms with Crippen LogP contribution in [-0.2, 0) is 9.47 Å². The number of hydrogen-bond donors (Lipinski definition) is 0. The number of thioether (sulfide) groups is 1. The second-order valence-corrected chi connectivity index (χ2v) is 2.05. The molecule has 0 spiro atoms. The van der Waals surface area contributed by atoms with Crippen LogP contribution in [0.25, 0.3) is 0 Å². The molecule has 3 nitrogen and oxygen atoms in total. The van der Waals surface area contributed by atoms with Gasteiger partial charge in [0.25, 0.3) is 0 Å². The molecule has 0 radical (unpaired) electrons. The van der Waals surface area contributed by atoms with Crippen molar-refractivity contribution < 1.29 is 14.3 Å². The van der Waals surface area contributed by atoms with Crippen LogP contribution >= 0.6 is 11.8 Å². The standard InChI is InChI=1S/C5H10O3S/c1-3-7-5(6)8-4-9-2/h3-4H2,1-2H3. The molecule has 54 valence electrons. The molecule has 0 aliphatic heterocycles. The quantitative estimate of drug-likeness (QED) is 0.451. The van der Waals surface area contributed by atoms with Crippen LogP contribution in [0.5, 0.6) is 0 Å². The van der Waals surface area contributed by atoms with Crippen molar-refractivity contribution in [3.05, 3.63) is 0 Å². The van der Waals surface area contributed by atoms with Crippen LogP contribution in [-0.4, -0.2) is 25.0 Å². The van der Waals surface area contributed by atoms with E-state index in [4.69, 9.17) is 0 Å². The maximum absolute atomic E-state index is 10.3. The van der Waals surface area contributed by atoms with Crippen molar-refractivity contribution in [3.63, 3.8) is 0 Å². The molecule has 0 rings (SSSR count). The third-order valence-electron chi connectivity index (χ3n) is 0.557. The molecular weight excluding hydrogens is 140 g/mol. The van der Waals surface area contributed by atoms with Gasteiger partial charge in [0.1, 0.15) is 5.94 Å². The van der Waals surface area contributed by atoms with Gasteiger partial charge in [-0.25, -0.2) is 4.79 Å². The third-order valence-corrected chi connectivity index (χ3v) is 0.910. The third kappa shape index (κ3) is 5.49. The first kappa shape index (κ1) is 8.62. The number of carbonyl (C=O) groups is 1. The Morgan fingerprint density at radius 2 is 2.22 bits per heavy atom. The molecule has 0 aromatic rings. The van der Waals surface area contributed by atoms with Crippen molar-refractivity contribution in [2.45, 2.75) is 6.92 Å². The van der Waals surface area contributed by atoms with Gasteiger partial charge in [-0.1, -0.05) is 0 Å². The molecule has 0 aromatic carbocycles. The van der Waals surface area contributed by atoms with Crippen molar-refractivity contribution in [2.24, 2.45) is 0 Å². The van der Waals surface area contributed by atoms with Crippen LogP contribution in [0.1, 0.15) is 6.92 Å². The Hall–Kier alpha value is -0.380. The Bertz CT molecular complexity index is 84.3. The monoisotopic (exact) mass is 150 g/mol. The Kier molecular flexibility index (Phi) is 5.51. The number of hydrogen-bond acceptors (Lipinski definition) is 4. The molecule has 0 aliphatic carbocycles. The zero-order chi connectivity index (χ0) is 7.11. The SMILES string of the molecule is CCOC(=O)OCSC. The molecule has 0 saturated carbocycles. The minimum Gasteiger partial charge on any atom is -0.435 e. The van der Waals surface area contributed by atoms with Crippen LogP contribution in [0.2, 0.25) is 0 Å². The van der Waals surface area contributed by atoms with Crippen LogP contribution in [0.15, 0.2) is 0 Å². The van der Waals surface area contributed by atoms with E-state index in [0.717, 1.165) is 0 Å². The fourth-order valence-corrected chi connectivity index (χ4v) is 0.481. The fourth-order valence-electron chi connectivity index (χ4n) is 0.267. The van der Waals surface area contributed by atoms with Crippen molar-refractivity contribution in [1.29, 1.82) is 0 Å². The molecule has 0 N–H and O–H groups in total. The van der Waals surface area contributed by atoms with Gasteiger partial charge in [0.2, 0.25) is 0 Å². The summed E-state index contributed by atoms with van der Waals surface area (Å²) in [5, 5.41) is 0. The Morgan fingerprint density at radius 3 is 2.67 bits per heavy atom. The Labute approximate surface area is 58.7 Å². The van der Waals surface area contributed by atoms with E-state index in [-0.39, 0.29) is 0 Å². The normalized spacial score (nSPS) is 8.67. The predicted octanol–water partition coefficient (Wildman–Crippen LogP) is 1.48. The number of ether oxygens (including phenoxy) is 2. The van der Waals surface area contributed by atoms with E-state index in [9.17, 15) is 4.79 Å². The van der Waals surface area contributed by atoms with Gasteiger partial charge >= 0.3 is 6.16 Å². The van der Waals surface area contributed by atoms with Gasteiger partial charge in [0.15, 0.2) is 0 Å². The Morgan fingerprint density at radius 1 is 1.56 bits per heavy atom. The highest BCUT2D eigenvalue weighted by Gasteiger charge is 1.98. The summed E-state index contributed by atoms with van der Waals surface area (Å²) < 4.78 is 9.00. The molecule has 0 heterocycles. The summed E-state index contributed by atoms with van der Waals surface area (Å²) >= 11 is 1.43. The van der Waals surface area contributed by atoms with Gasteiger partial charge in [-0.3, -0.25) is 0 Å².